The molecule has 1 saturated heterocycles. The highest BCUT2D eigenvalue weighted by molar-refractivity contribution is 4.83. The number of rotatable bonds is 5. The molecule has 0 unspecified atom stereocenters. The summed E-state index contributed by atoms with van der Waals surface area (Å²) >= 11 is 0. The second kappa shape index (κ2) is 5.50. The molecule has 0 bridgehead atoms. The van der Waals surface area contributed by atoms with Crippen LogP contribution in [0.25, 0.3) is 0 Å². The van der Waals surface area contributed by atoms with Crippen LogP contribution in [0.3, 0.4) is 0 Å². The molecule has 1 aliphatic heterocycles. The first-order valence-electron chi connectivity index (χ1n) is 6.71. The number of ether oxygens (including phenoxy) is 2. The number of unbranched alkanes of at least 4 members (excludes halogenated alkanes) is 3. The minimum Gasteiger partial charge on any atom is -0.350 e. The van der Waals surface area contributed by atoms with Gasteiger partial charge in [0.15, 0.2) is 5.79 Å². The second-order valence-electron chi connectivity index (χ2n) is 5.98. The Kier molecular flexibility index (Phi) is 4.81. The van der Waals surface area contributed by atoms with Gasteiger partial charge in [0.2, 0.25) is 0 Å². The van der Waals surface area contributed by atoms with Crippen molar-refractivity contribution < 1.29 is 9.47 Å². The SMILES string of the molecule is CCCCCC[C@]1(C)OCC(C)(C)[C@@H](C)O1. The van der Waals surface area contributed by atoms with Gasteiger partial charge in [-0.2, -0.15) is 0 Å². The molecule has 1 fully saturated rings. The van der Waals surface area contributed by atoms with Crippen LogP contribution in [0.5, 0.6) is 0 Å². The van der Waals surface area contributed by atoms with Crippen molar-refractivity contribution >= 4 is 0 Å². The van der Waals surface area contributed by atoms with Crippen molar-refractivity contribution in [1.29, 1.82) is 0 Å². The van der Waals surface area contributed by atoms with Crippen molar-refractivity contribution in [3.05, 3.63) is 0 Å². The summed E-state index contributed by atoms with van der Waals surface area (Å²) in [6.07, 6.45) is 6.39. The maximum Gasteiger partial charge on any atom is 0.165 e. The van der Waals surface area contributed by atoms with E-state index in [-0.39, 0.29) is 17.3 Å². The first-order valence-corrected chi connectivity index (χ1v) is 6.71. The van der Waals surface area contributed by atoms with E-state index >= 15 is 0 Å². The molecule has 0 saturated carbocycles. The summed E-state index contributed by atoms with van der Waals surface area (Å²) in [6.45, 7) is 11.7. The summed E-state index contributed by atoms with van der Waals surface area (Å²) in [5.41, 5.74) is 0.142. The molecule has 0 radical (unpaired) electrons. The normalized spacial score (nSPS) is 33.9. The summed E-state index contributed by atoms with van der Waals surface area (Å²) in [7, 11) is 0. The Bertz CT molecular complexity index is 213. The van der Waals surface area contributed by atoms with Gasteiger partial charge >= 0.3 is 0 Å². The molecule has 0 aliphatic carbocycles. The van der Waals surface area contributed by atoms with Crippen LogP contribution < -0.4 is 0 Å². The predicted molar refractivity (Wildman–Crippen MR) is 67.4 cm³/mol. The van der Waals surface area contributed by atoms with E-state index in [0.29, 0.717) is 0 Å². The lowest BCUT2D eigenvalue weighted by Crippen LogP contribution is -2.50. The molecular formula is C14H28O2. The van der Waals surface area contributed by atoms with Crippen molar-refractivity contribution in [1.82, 2.24) is 0 Å². The standard InChI is InChI=1S/C14H28O2/c1-6-7-8-9-10-14(5)15-11-13(3,4)12(2)16-14/h12H,6-11H2,1-5H3/t12-,14-/m1/s1. The molecule has 0 N–H and O–H groups in total. The summed E-state index contributed by atoms with van der Waals surface area (Å²) in [6, 6.07) is 0. The molecule has 1 heterocycles. The van der Waals surface area contributed by atoms with Crippen molar-refractivity contribution in [2.75, 3.05) is 6.61 Å². The maximum absolute atomic E-state index is 6.05. The first-order chi connectivity index (χ1) is 7.40. The summed E-state index contributed by atoms with van der Waals surface area (Å²) in [5.74, 6) is -0.345. The third kappa shape index (κ3) is 3.74. The molecule has 1 rings (SSSR count). The molecule has 96 valence electrons. The lowest BCUT2D eigenvalue weighted by Gasteiger charge is -2.46. The Morgan fingerprint density at radius 1 is 1.12 bits per heavy atom. The first kappa shape index (κ1) is 14.0. The Labute approximate surface area is 101 Å². The quantitative estimate of drug-likeness (QED) is 0.659. The predicted octanol–water partition coefficient (Wildman–Crippen LogP) is 4.13. The van der Waals surface area contributed by atoms with Crippen molar-refractivity contribution in [3.8, 4) is 0 Å². The third-order valence-electron chi connectivity index (χ3n) is 3.76. The monoisotopic (exact) mass is 228 g/mol. The molecule has 0 aromatic carbocycles. The average Bonchev–Trinajstić information content (AvgIpc) is 2.21. The fourth-order valence-corrected chi connectivity index (χ4v) is 2.03. The van der Waals surface area contributed by atoms with Gasteiger partial charge in [-0.25, -0.2) is 0 Å². The molecular weight excluding hydrogens is 200 g/mol. The second-order valence-corrected chi connectivity index (χ2v) is 5.98. The molecule has 0 amide bonds. The van der Waals surface area contributed by atoms with Gasteiger partial charge in [-0.05, 0) is 20.3 Å². The fraction of sp³-hybridized carbons (Fsp3) is 1.00. The van der Waals surface area contributed by atoms with Crippen LogP contribution in [0.2, 0.25) is 0 Å². The van der Waals surface area contributed by atoms with Gasteiger partial charge in [-0.15, -0.1) is 0 Å². The molecule has 2 nitrogen and oxygen atoms in total. The van der Waals surface area contributed by atoms with Crippen LogP contribution in [-0.4, -0.2) is 18.5 Å². The molecule has 2 atom stereocenters. The summed E-state index contributed by atoms with van der Waals surface area (Å²) in [5, 5.41) is 0. The lowest BCUT2D eigenvalue weighted by molar-refractivity contribution is -0.319. The van der Waals surface area contributed by atoms with Gasteiger partial charge in [0.25, 0.3) is 0 Å². The van der Waals surface area contributed by atoms with E-state index in [1.165, 1.54) is 25.7 Å². The van der Waals surface area contributed by atoms with Crippen LogP contribution in [0, 0.1) is 5.41 Å². The van der Waals surface area contributed by atoms with Gasteiger partial charge in [-0.1, -0.05) is 40.0 Å². The Balaban J connectivity index is 2.36. The van der Waals surface area contributed by atoms with Crippen molar-refractivity contribution in [3.63, 3.8) is 0 Å². The molecule has 0 spiro atoms. The summed E-state index contributed by atoms with van der Waals surface area (Å²) < 4.78 is 12.0. The van der Waals surface area contributed by atoms with Gasteiger partial charge in [0, 0.05) is 11.8 Å². The Morgan fingerprint density at radius 3 is 2.38 bits per heavy atom. The zero-order valence-corrected chi connectivity index (χ0v) is 11.6. The maximum atomic E-state index is 6.05. The van der Waals surface area contributed by atoms with E-state index in [4.69, 9.17) is 9.47 Å². The van der Waals surface area contributed by atoms with Crippen molar-refractivity contribution in [2.45, 2.75) is 78.6 Å². The Morgan fingerprint density at radius 2 is 1.81 bits per heavy atom. The molecule has 0 aromatic rings. The van der Waals surface area contributed by atoms with Crippen LogP contribution in [0.15, 0.2) is 0 Å². The van der Waals surface area contributed by atoms with Crippen LogP contribution in [-0.2, 0) is 9.47 Å². The van der Waals surface area contributed by atoms with E-state index < -0.39 is 0 Å². The molecule has 1 aliphatic rings. The largest absolute Gasteiger partial charge is 0.350 e. The van der Waals surface area contributed by atoms with Crippen LogP contribution >= 0.6 is 0 Å². The topological polar surface area (TPSA) is 18.5 Å². The highest BCUT2D eigenvalue weighted by Gasteiger charge is 2.41. The van der Waals surface area contributed by atoms with Crippen LogP contribution in [0.1, 0.15) is 66.7 Å². The van der Waals surface area contributed by atoms with E-state index in [2.05, 4.69) is 34.6 Å². The minimum absolute atomic E-state index is 0.142. The highest BCUT2D eigenvalue weighted by Crippen LogP contribution is 2.37. The smallest absolute Gasteiger partial charge is 0.165 e. The minimum atomic E-state index is -0.345. The van der Waals surface area contributed by atoms with Crippen molar-refractivity contribution in [2.24, 2.45) is 5.41 Å². The highest BCUT2D eigenvalue weighted by atomic mass is 16.7. The zero-order chi connectivity index (χ0) is 12.2. The van der Waals surface area contributed by atoms with E-state index in [9.17, 15) is 0 Å². The number of hydrogen-bond donors (Lipinski definition) is 0. The molecule has 16 heavy (non-hydrogen) atoms. The van der Waals surface area contributed by atoms with E-state index in [0.717, 1.165) is 13.0 Å². The van der Waals surface area contributed by atoms with Gasteiger partial charge in [-0.3, -0.25) is 0 Å². The van der Waals surface area contributed by atoms with Crippen LogP contribution in [0.4, 0.5) is 0 Å². The van der Waals surface area contributed by atoms with Gasteiger partial charge in [0.1, 0.15) is 0 Å². The van der Waals surface area contributed by atoms with Gasteiger partial charge in [0.05, 0.1) is 12.7 Å². The Hall–Kier alpha value is -0.0800. The van der Waals surface area contributed by atoms with E-state index in [1.807, 2.05) is 0 Å². The summed E-state index contributed by atoms with van der Waals surface area (Å²) in [4.78, 5) is 0. The molecule has 0 aromatic heterocycles. The number of hydrogen-bond acceptors (Lipinski definition) is 2. The average molecular weight is 228 g/mol. The lowest BCUT2D eigenvalue weighted by atomic mass is 9.86. The fourth-order valence-electron chi connectivity index (χ4n) is 2.03. The zero-order valence-electron chi connectivity index (χ0n) is 11.6. The molecule has 2 heteroatoms. The third-order valence-corrected chi connectivity index (χ3v) is 3.76. The van der Waals surface area contributed by atoms with E-state index in [1.54, 1.807) is 0 Å². The van der Waals surface area contributed by atoms with Gasteiger partial charge < -0.3 is 9.47 Å².